The minimum absolute atomic E-state index is 0.610. The fourth-order valence-electron chi connectivity index (χ4n) is 1.61. The Bertz CT molecular complexity index is 573. The molecule has 0 saturated carbocycles. The fourth-order valence-corrected chi connectivity index (χ4v) is 2.76. The quantitative estimate of drug-likeness (QED) is 0.741. The molecule has 2 rings (SSSR count). The summed E-state index contributed by atoms with van der Waals surface area (Å²) in [5.74, 6) is 0.761. The van der Waals surface area contributed by atoms with Crippen molar-refractivity contribution in [1.82, 2.24) is 4.98 Å². The SMILES string of the molecule is CCc1cc(Br)ccc1Nc1ncc(Cl)cc1Br. The second kappa shape index (κ2) is 6.04. The van der Waals surface area contributed by atoms with Gasteiger partial charge >= 0.3 is 0 Å². The Kier molecular flexibility index (Phi) is 4.65. The van der Waals surface area contributed by atoms with Gasteiger partial charge in [0.05, 0.1) is 9.50 Å². The molecular weight excluding hydrogens is 379 g/mol. The summed E-state index contributed by atoms with van der Waals surface area (Å²) in [6, 6.07) is 7.96. The molecule has 2 nitrogen and oxygen atoms in total. The lowest BCUT2D eigenvalue weighted by molar-refractivity contribution is 1.13. The standard InChI is InChI=1S/C13H11Br2ClN2/c1-2-8-5-9(14)3-4-12(8)18-13-11(15)6-10(16)7-17-13/h3-7H,2H2,1H3,(H,17,18). The molecule has 94 valence electrons. The lowest BCUT2D eigenvalue weighted by Gasteiger charge is -2.12. The summed E-state index contributed by atoms with van der Waals surface area (Å²) in [5, 5.41) is 3.92. The van der Waals surface area contributed by atoms with Crippen LogP contribution in [-0.2, 0) is 6.42 Å². The number of aromatic nitrogens is 1. The number of benzene rings is 1. The maximum Gasteiger partial charge on any atom is 0.144 e. The zero-order valence-corrected chi connectivity index (χ0v) is 13.6. The lowest BCUT2D eigenvalue weighted by Crippen LogP contribution is -1.98. The number of aryl methyl sites for hydroxylation is 1. The molecule has 0 amide bonds. The third-order valence-electron chi connectivity index (χ3n) is 2.51. The van der Waals surface area contributed by atoms with Gasteiger partial charge in [0.15, 0.2) is 0 Å². The molecule has 5 heteroatoms. The van der Waals surface area contributed by atoms with E-state index >= 15 is 0 Å². The maximum atomic E-state index is 5.87. The molecule has 0 aliphatic carbocycles. The molecular formula is C13H11Br2ClN2. The van der Waals surface area contributed by atoms with Crippen LogP contribution in [0.3, 0.4) is 0 Å². The topological polar surface area (TPSA) is 24.9 Å². The third kappa shape index (κ3) is 3.25. The van der Waals surface area contributed by atoms with Crippen molar-refractivity contribution in [2.24, 2.45) is 0 Å². The van der Waals surface area contributed by atoms with E-state index in [0.29, 0.717) is 5.02 Å². The minimum Gasteiger partial charge on any atom is -0.339 e. The summed E-state index contributed by atoms with van der Waals surface area (Å²) in [6.07, 6.45) is 2.58. The van der Waals surface area contributed by atoms with Crippen molar-refractivity contribution >= 4 is 55.0 Å². The second-order valence-electron chi connectivity index (χ2n) is 3.76. The molecule has 0 aliphatic heterocycles. The Hall–Kier alpha value is -0.580. The highest BCUT2D eigenvalue weighted by atomic mass is 79.9. The monoisotopic (exact) mass is 388 g/mol. The van der Waals surface area contributed by atoms with E-state index in [1.165, 1.54) is 5.56 Å². The van der Waals surface area contributed by atoms with Gasteiger partial charge in [-0.3, -0.25) is 0 Å². The molecule has 1 heterocycles. The molecule has 0 bridgehead atoms. The van der Waals surface area contributed by atoms with E-state index in [0.717, 1.165) is 26.9 Å². The predicted molar refractivity (Wildman–Crippen MR) is 83.7 cm³/mol. The molecule has 0 aliphatic rings. The molecule has 1 aromatic heterocycles. The molecule has 1 N–H and O–H groups in total. The van der Waals surface area contributed by atoms with E-state index in [-0.39, 0.29) is 0 Å². The van der Waals surface area contributed by atoms with E-state index in [2.05, 4.69) is 55.2 Å². The summed E-state index contributed by atoms with van der Waals surface area (Å²) in [5.41, 5.74) is 2.28. The Morgan fingerprint density at radius 1 is 1.28 bits per heavy atom. The average Bonchev–Trinajstić information content (AvgIpc) is 2.34. The third-order valence-corrected chi connectivity index (χ3v) is 3.81. The van der Waals surface area contributed by atoms with E-state index < -0.39 is 0 Å². The highest BCUT2D eigenvalue weighted by Gasteiger charge is 2.06. The molecule has 0 fully saturated rings. The van der Waals surface area contributed by atoms with Crippen LogP contribution in [0.5, 0.6) is 0 Å². The smallest absolute Gasteiger partial charge is 0.144 e. The summed E-state index contributed by atoms with van der Waals surface area (Å²) in [6.45, 7) is 2.12. The van der Waals surface area contributed by atoms with Gasteiger partial charge < -0.3 is 5.32 Å². The van der Waals surface area contributed by atoms with Crippen molar-refractivity contribution in [3.8, 4) is 0 Å². The Balaban J connectivity index is 2.33. The number of hydrogen-bond donors (Lipinski definition) is 1. The van der Waals surface area contributed by atoms with Gasteiger partial charge in [0.2, 0.25) is 0 Å². The van der Waals surface area contributed by atoms with Crippen molar-refractivity contribution in [2.45, 2.75) is 13.3 Å². The van der Waals surface area contributed by atoms with Gasteiger partial charge in [0.1, 0.15) is 5.82 Å². The van der Waals surface area contributed by atoms with E-state index in [4.69, 9.17) is 11.6 Å². The highest BCUT2D eigenvalue weighted by Crippen LogP contribution is 2.29. The van der Waals surface area contributed by atoms with E-state index in [1.807, 2.05) is 18.2 Å². The highest BCUT2D eigenvalue weighted by molar-refractivity contribution is 9.10. The molecule has 0 unspecified atom stereocenters. The van der Waals surface area contributed by atoms with Crippen LogP contribution in [0.1, 0.15) is 12.5 Å². The number of hydrogen-bond acceptors (Lipinski definition) is 2. The van der Waals surface area contributed by atoms with Crippen LogP contribution in [0.25, 0.3) is 0 Å². The number of anilines is 2. The first-order chi connectivity index (χ1) is 8.60. The van der Waals surface area contributed by atoms with Crippen LogP contribution in [0, 0.1) is 0 Å². The molecule has 0 atom stereocenters. The van der Waals surface area contributed by atoms with Crippen molar-refractivity contribution in [3.05, 3.63) is 50.0 Å². The molecule has 18 heavy (non-hydrogen) atoms. The lowest BCUT2D eigenvalue weighted by atomic mass is 10.1. The largest absolute Gasteiger partial charge is 0.339 e. The number of nitrogens with one attached hydrogen (secondary N) is 1. The Labute approximate surface area is 128 Å². The van der Waals surface area contributed by atoms with Gasteiger partial charge in [-0.15, -0.1) is 0 Å². The first-order valence-corrected chi connectivity index (χ1v) is 7.43. The Morgan fingerprint density at radius 2 is 2.06 bits per heavy atom. The Morgan fingerprint density at radius 3 is 2.72 bits per heavy atom. The van der Waals surface area contributed by atoms with E-state index in [9.17, 15) is 0 Å². The van der Waals surface area contributed by atoms with Gasteiger partial charge in [-0.25, -0.2) is 4.98 Å². The van der Waals surface area contributed by atoms with Gasteiger partial charge in [-0.05, 0) is 52.2 Å². The molecule has 0 spiro atoms. The molecule has 0 radical (unpaired) electrons. The molecule has 1 aromatic carbocycles. The van der Waals surface area contributed by atoms with Crippen molar-refractivity contribution in [1.29, 1.82) is 0 Å². The molecule has 0 saturated heterocycles. The zero-order chi connectivity index (χ0) is 13.1. The number of halogens is 3. The van der Waals surface area contributed by atoms with Crippen molar-refractivity contribution in [3.63, 3.8) is 0 Å². The summed E-state index contributed by atoms with van der Waals surface area (Å²) >= 11 is 12.8. The van der Waals surface area contributed by atoms with Gasteiger partial charge in [0.25, 0.3) is 0 Å². The van der Waals surface area contributed by atoms with Gasteiger partial charge in [0, 0.05) is 16.4 Å². The first-order valence-electron chi connectivity index (χ1n) is 5.46. The average molecular weight is 391 g/mol. The fraction of sp³-hybridized carbons (Fsp3) is 0.154. The van der Waals surface area contributed by atoms with Gasteiger partial charge in [-0.2, -0.15) is 0 Å². The van der Waals surface area contributed by atoms with Crippen molar-refractivity contribution < 1.29 is 0 Å². The summed E-state index contributed by atoms with van der Waals surface area (Å²) in [7, 11) is 0. The zero-order valence-electron chi connectivity index (χ0n) is 9.67. The minimum atomic E-state index is 0.610. The van der Waals surface area contributed by atoms with Crippen LogP contribution in [-0.4, -0.2) is 4.98 Å². The van der Waals surface area contributed by atoms with Gasteiger partial charge in [-0.1, -0.05) is 34.5 Å². The second-order valence-corrected chi connectivity index (χ2v) is 5.97. The first kappa shape index (κ1) is 13.8. The maximum absolute atomic E-state index is 5.87. The van der Waals surface area contributed by atoms with Crippen LogP contribution >= 0.6 is 43.5 Å². The van der Waals surface area contributed by atoms with Crippen LogP contribution in [0.2, 0.25) is 5.02 Å². The normalized spacial score (nSPS) is 10.4. The summed E-state index contributed by atoms with van der Waals surface area (Å²) in [4.78, 5) is 4.27. The number of pyridine rings is 1. The number of rotatable bonds is 3. The molecule has 2 aromatic rings. The predicted octanol–water partition coefficient (Wildman–Crippen LogP) is 5.57. The van der Waals surface area contributed by atoms with E-state index in [1.54, 1.807) is 6.20 Å². The number of nitrogens with zero attached hydrogens (tertiary/aromatic N) is 1. The van der Waals surface area contributed by atoms with Crippen LogP contribution in [0.15, 0.2) is 39.4 Å². The summed E-state index contributed by atoms with van der Waals surface area (Å²) < 4.78 is 1.92. The van der Waals surface area contributed by atoms with Crippen LogP contribution in [0.4, 0.5) is 11.5 Å². The van der Waals surface area contributed by atoms with Crippen molar-refractivity contribution in [2.75, 3.05) is 5.32 Å². The van der Waals surface area contributed by atoms with Crippen LogP contribution < -0.4 is 5.32 Å².